The molecule has 150 valence electrons. The van der Waals surface area contributed by atoms with Gasteiger partial charge >= 0.3 is 0 Å². The normalized spacial score (nSPS) is 16.2. The van der Waals surface area contributed by atoms with Crippen LogP contribution in [0.1, 0.15) is 42.3 Å². The summed E-state index contributed by atoms with van der Waals surface area (Å²) in [6.45, 7) is 2.86. The average molecular weight is 390 g/mol. The second-order valence-electron chi connectivity index (χ2n) is 7.50. The van der Waals surface area contributed by atoms with Gasteiger partial charge in [0.1, 0.15) is 5.75 Å². The van der Waals surface area contributed by atoms with Crippen molar-refractivity contribution in [1.82, 2.24) is 9.88 Å². The van der Waals surface area contributed by atoms with Crippen molar-refractivity contribution >= 4 is 5.91 Å². The van der Waals surface area contributed by atoms with Gasteiger partial charge in [0, 0.05) is 24.9 Å². The first-order valence-corrected chi connectivity index (χ1v) is 10.1. The van der Waals surface area contributed by atoms with Gasteiger partial charge in [-0.2, -0.15) is 0 Å². The number of benzene rings is 2. The van der Waals surface area contributed by atoms with E-state index in [1.807, 2.05) is 41.3 Å². The van der Waals surface area contributed by atoms with Gasteiger partial charge in [-0.3, -0.25) is 4.79 Å². The molecule has 1 aromatic heterocycles. The minimum atomic E-state index is 0.140. The van der Waals surface area contributed by atoms with Crippen molar-refractivity contribution < 1.29 is 13.9 Å². The Labute approximate surface area is 171 Å². The van der Waals surface area contributed by atoms with E-state index in [2.05, 4.69) is 24.0 Å². The number of likely N-dealkylation sites (tertiary alicyclic amines) is 1. The number of hydrogen-bond donors (Lipinski definition) is 0. The first-order valence-electron chi connectivity index (χ1n) is 10.1. The molecule has 2 aromatic carbocycles. The molecule has 1 aliphatic heterocycles. The number of methoxy groups -OCH3 is 1. The van der Waals surface area contributed by atoms with E-state index in [0.29, 0.717) is 18.7 Å². The van der Waals surface area contributed by atoms with Gasteiger partial charge in [0.05, 0.1) is 19.3 Å². The van der Waals surface area contributed by atoms with Gasteiger partial charge in [0.2, 0.25) is 5.91 Å². The van der Waals surface area contributed by atoms with Crippen LogP contribution in [0.15, 0.2) is 59.1 Å². The molecule has 0 N–H and O–H groups in total. The van der Waals surface area contributed by atoms with Gasteiger partial charge < -0.3 is 14.1 Å². The topological polar surface area (TPSA) is 55.6 Å². The molecular weight excluding hydrogens is 364 g/mol. The summed E-state index contributed by atoms with van der Waals surface area (Å²) in [6.07, 6.45) is 4.67. The third kappa shape index (κ3) is 4.34. The van der Waals surface area contributed by atoms with Gasteiger partial charge in [0.15, 0.2) is 11.7 Å². The molecule has 1 unspecified atom stereocenters. The van der Waals surface area contributed by atoms with E-state index in [0.717, 1.165) is 42.0 Å². The van der Waals surface area contributed by atoms with Crippen molar-refractivity contribution in [2.75, 3.05) is 13.7 Å². The Morgan fingerprint density at radius 1 is 1.17 bits per heavy atom. The predicted octanol–water partition coefficient (Wildman–Crippen LogP) is 4.95. The first kappa shape index (κ1) is 19.2. The molecule has 5 nitrogen and oxygen atoms in total. The average Bonchev–Trinajstić information content (AvgIpc) is 3.42. The van der Waals surface area contributed by atoms with E-state index < -0.39 is 0 Å². The van der Waals surface area contributed by atoms with Crippen LogP contribution in [0.2, 0.25) is 0 Å². The zero-order chi connectivity index (χ0) is 20.2. The van der Waals surface area contributed by atoms with Crippen LogP contribution in [0.5, 0.6) is 5.75 Å². The van der Waals surface area contributed by atoms with E-state index >= 15 is 0 Å². The smallest absolute Gasteiger partial charge is 0.223 e. The quantitative estimate of drug-likeness (QED) is 0.597. The number of hydrogen-bond acceptors (Lipinski definition) is 4. The van der Waals surface area contributed by atoms with Crippen LogP contribution in [0, 0.1) is 6.92 Å². The van der Waals surface area contributed by atoms with Crippen LogP contribution in [0.3, 0.4) is 0 Å². The van der Waals surface area contributed by atoms with Crippen LogP contribution in [0.4, 0.5) is 0 Å². The number of nitrogens with zero attached hydrogens (tertiary/aromatic N) is 2. The van der Waals surface area contributed by atoms with Crippen molar-refractivity contribution in [1.29, 1.82) is 0 Å². The SMILES string of the molecule is COc1ccc(C2CCCN2C(=O)CCc2ncc(-c3ccc(C)cc3)o2)cc1. The Balaban J connectivity index is 1.38. The maximum atomic E-state index is 12.9. The summed E-state index contributed by atoms with van der Waals surface area (Å²) >= 11 is 0. The second kappa shape index (κ2) is 8.52. The molecule has 1 fully saturated rings. The molecule has 0 spiro atoms. The fraction of sp³-hybridized carbons (Fsp3) is 0.333. The van der Waals surface area contributed by atoms with E-state index in [9.17, 15) is 4.79 Å². The maximum Gasteiger partial charge on any atom is 0.223 e. The van der Waals surface area contributed by atoms with Crippen molar-refractivity contribution in [2.24, 2.45) is 0 Å². The summed E-state index contributed by atoms with van der Waals surface area (Å²) in [5.74, 6) is 2.33. The molecule has 1 saturated heterocycles. The molecule has 2 heterocycles. The molecule has 5 heteroatoms. The fourth-order valence-electron chi connectivity index (χ4n) is 3.87. The predicted molar refractivity (Wildman–Crippen MR) is 112 cm³/mol. The molecule has 0 saturated carbocycles. The minimum absolute atomic E-state index is 0.140. The number of aryl methyl sites for hydroxylation is 2. The Hall–Kier alpha value is -3.08. The van der Waals surface area contributed by atoms with Crippen LogP contribution >= 0.6 is 0 Å². The summed E-state index contributed by atoms with van der Waals surface area (Å²) in [4.78, 5) is 19.2. The van der Waals surface area contributed by atoms with E-state index in [-0.39, 0.29) is 11.9 Å². The van der Waals surface area contributed by atoms with Crippen LogP contribution in [-0.4, -0.2) is 29.4 Å². The molecule has 1 aliphatic rings. The second-order valence-corrected chi connectivity index (χ2v) is 7.50. The number of ether oxygens (including phenoxy) is 1. The van der Waals surface area contributed by atoms with E-state index in [4.69, 9.17) is 9.15 Å². The van der Waals surface area contributed by atoms with Crippen molar-refractivity contribution in [2.45, 2.75) is 38.6 Å². The molecular formula is C24H26N2O3. The van der Waals surface area contributed by atoms with Gasteiger partial charge in [-0.1, -0.05) is 42.0 Å². The third-order valence-corrected chi connectivity index (χ3v) is 5.52. The summed E-state index contributed by atoms with van der Waals surface area (Å²) < 4.78 is 11.1. The van der Waals surface area contributed by atoms with Gasteiger partial charge in [0.25, 0.3) is 0 Å². The van der Waals surface area contributed by atoms with Crippen molar-refractivity contribution in [3.63, 3.8) is 0 Å². The molecule has 0 aliphatic carbocycles. The zero-order valence-corrected chi connectivity index (χ0v) is 16.9. The lowest BCUT2D eigenvalue weighted by atomic mass is 10.0. The molecule has 1 amide bonds. The number of carbonyl (C=O) groups excluding carboxylic acids is 1. The highest BCUT2D eigenvalue weighted by Crippen LogP contribution is 2.33. The van der Waals surface area contributed by atoms with Gasteiger partial charge in [-0.25, -0.2) is 4.98 Å². The van der Waals surface area contributed by atoms with Gasteiger partial charge in [-0.15, -0.1) is 0 Å². The fourth-order valence-corrected chi connectivity index (χ4v) is 3.87. The minimum Gasteiger partial charge on any atom is -0.497 e. The Morgan fingerprint density at radius 3 is 2.66 bits per heavy atom. The standard InChI is InChI=1S/C24H26N2O3/c1-17-5-7-19(8-6-17)22-16-25-23(29-22)13-14-24(27)26-15-3-4-21(26)18-9-11-20(28-2)12-10-18/h5-12,16,21H,3-4,13-15H2,1-2H3. The van der Waals surface area contributed by atoms with E-state index in [1.165, 1.54) is 5.56 Å². The van der Waals surface area contributed by atoms with Crippen molar-refractivity contribution in [3.05, 3.63) is 71.7 Å². The van der Waals surface area contributed by atoms with Crippen LogP contribution < -0.4 is 4.74 Å². The number of oxazole rings is 1. The first-order chi connectivity index (χ1) is 14.1. The molecule has 4 rings (SSSR count). The molecule has 0 bridgehead atoms. The van der Waals surface area contributed by atoms with Crippen LogP contribution in [0.25, 0.3) is 11.3 Å². The van der Waals surface area contributed by atoms with Gasteiger partial charge in [-0.05, 0) is 37.5 Å². The Morgan fingerprint density at radius 2 is 1.93 bits per heavy atom. The molecule has 1 atom stereocenters. The monoisotopic (exact) mass is 390 g/mol. The number of rotatable bonds is 6. The Bertz CT molecular complexity index is 961. The molecule has 0 radical (unpaired) electrons. The summed E-state index contributed by atoms with van der Waals surface area (Å²) in [6, 6.07) is 16.3. The third-order valence-electron chi connectivity index (χ3n) is 5.52. The van der Waals surface area contributed by atoms with E-state index in [1.54, 1.807) is 13.3 Å². The zero-order valence-electron chi connectivity index (χ0n) is 16.9. The number of amides is 1. The molecule has 3 aromatic rings. The summed E-state index contributed by atoms with van der Waals surface area (Å²) in [5, 5.41) is 0. The highest BCUT2D eigenvalue weighted by atomic mass is 16.5. The largest absolute Gasteiger partial charge is 0.497 e. The number of aromatic nitrogens is 1. The number of carbonyl (C=O) groups is 1. The lowest BCUT2D eigenvalue weighted by molar-refractivity contribution is -0.132. The van der Waals surface area contributed by atoms with Crippen molar-refractivity contribution in [3.8, 4) is 17.1 Å². The maximum absolute atomic E-state index is 12.9. The lowest BCUT2D eigenvalue weighted by Gasteiger charge is -2.25. The molecule has 29 heavy (non-hydrogen) atoms. The summed E-state index contributed by atoms with van der Waals surface area (Å²) in [5.41, 5.74) is 3.37. The summed E-state index contributed by atoms with van der Waals surface area (Å²) in [7, 11) is 1.66. The van der Waals surface area contributed by atoms with Crippen LogP contribution in [-0.2, 0) is 11.2 Å². The highest BCUT2D eigenvalue weighted by Gasteiger charge is 2.29. The highest BCUT2D eigenvalue weighted by molar-refractivity contribution is 5.77. The lowest BCUT2D eigenvalue weighted by Crippen LogP contribution is -2.30. The Kier molecular flexibility index (Phi) is 5.65.